The minimum atomic E-state index is 0.496. The average molecular weight is 389 g/mol. The SMILES string of the molecule is Nc1ccn(O)c(=NCCCCCCCCCCN=c2cc(N)ccn2O)c1. The Hall–Kier alpha value is -2.90. The van der Waals surface area contributed by atoms with Gasteiger partial charge in [-0.05, 0) is 25.0 Å². The Morgan fingerprint density at radius 1 is 0.643 bits per heavy atom. The second-order valence-electron chi connectivity index (χ2n) is 6.92. The summed E-state index contributed by atoms with van der Waals surface area (Å²) in [7, 11) is 0. The minimum absolute atomic E-state index is 0.496. The molecule has 0 saturated heterocycles. The van der Waals surface area contributed by atoms with Crippen molar-refractivity contribution in [3.8, 4) is 0 Å². The third-order valence-corrected chi connectivity index (χ3v) is 4.49. The van der Waals surface area contributed by atoms with Gasteiger partial charge in [-0.2, -0.15) is 9.46 Å². The van der Waals surface area contributed by atoms with Crippen molar-refractivity contribution >= 4 is 11.4 Å². The fraction of sp³-hybridized carbons (Fsp3) is 0.500. The molecule has 0 aromatic carbocycles. The van der Waals surface area contributed by atoms with Crippen LogP contribution in [0.3, 0.4) is 0 Å². The van der Waals surface area contributed by atoms with Gasteiger partial charge in [0.1, 0.15) is 0 Å². The molecule has 0 fully saturated rings. The van der Waals surface area contributed by atoms with Crippen molar-refractivity contribution < 1.29 is 10.4 Å². The summed E-state index contributed by atoms with van der Waals surface area (Å²) in [6.45, 7) is 1.39. The summed E-state index contributed by atoms with van der Waals surface area (Å²) < 4.78 is 1.99. The predicted molar refractivity (Wildman–Crippen MR) is 110 cm³/mol. The summed E-state index contributed by atoms with van der Waals surface area (Å²) >= 11 is 0. The number of unbranched alkanes of at least 4 members (excludes halogenated alkanes) is 7. The van der Waals surface area contributed by atoms with Crippen LogP contribution in [0.1, 0.15) is 51.4 Å². The van der Waals surface area contributed by atoms with Gasteiger partial charge in [0.25, 0.3) is 0 Å². The van der Waals surface area contributed by atoms with Gasteiger partial charge in [0.2, 0.25) is 0 Å². The molecule has 0 saturated carbocycles. The molecule has 0 unspecified atom stereocenters. The summed E-state index contributed by atoms with van der Waals surface area (Å²) in [6.07, 6.45) is 12.1. The van der Waals surface area contributed by atoms with Gasteiger partial charge in [-0.1, -0.05) is 38.5 Å². The van der Waals surface area contributed by atoms with Crippen LogP contribution in [0.15, 0.2) is 46.6 Å². The predicted octanol–water partition coefficient (Wildman–Crippen LogP) is 2.55. The van der Waals surface area contributed by atoms with Crippen LogP contribution in [0.25, 0.3) is 0 Å². The van der Waals surface area contributed by atoms with Crippen LogP contribution >= 0.6 is 0 Å². The lowest BCUT2D eigenvalue weighted by molar-refractivity contribution is 0.171. The number of nitrogens with zero attached hydrogens (tertiary/aromatic N) is 4. The highest BCUT2D eigenvalue weighted by molar-refractivity contribution is 5.34. The molecule has 8 nitrogen and oxygen atoms in total. The fourth-order valence-electron chi connectivity index (χ4n) is 2.90. The first-order chi connectivity index (χ1) is 13.6. The van der Waals surface area contributed by atoms with Crippen molar-refractivity contribution in [1.29, 1.82) is 0 Å². The van der Waals surface area contributed by atoms with E-state index < -0.39 is 0 Å². The van der Waals surface area contributed by atoms with Gasteiger partial charge in [0, 0.05) is 49.0 Å². The van der Waals surface area contributed by atoms with Crippen LogP contribution < -0.4 is 22.4 Å². The highest BCUT2D eigenvalue weighted by Gasteiger charge is 1.95. The molecule has 2 aromatic heterocycles. The number of rotatable bonds is 11. The fourth-order valence-corrected chi connectivity index (χ4v) is 2.90. The molecule has 0 radical (unpaired) electrons. The van der Waals surface area contributed by atoms with Crippen LogP contribution in [0.2, 0.25) is 0 Å². The maximum Gasteiger partial charge on any atom is 0.165 e. The molecule has 28 heavy (non-hydrogen) atoms. The maximum atomic E-state index is 9.63. The first kappa shape index (κ1) is 21.4. The molecular weight excluding hydrogens is 356 g/mol. The van der Waals surface area contributed by atoms with Gasteiger partial charge in [-0.3, -0.25) is 9.98 Å². The zero-order chi connectivity index (χ0) is 20.2. The number of nitrogens with two attached hydrogens (primary N) is 2. The third kappa shape index (κ3) is 7.77. The van der Waals surface area contributed by atoms with E-state index in [1.54, 1.807) is 24.3 Å². The Bertz CT molecular complexity index is 785. The Morgan fingerprint density at radius 3 is 1.39 bits per heavy atom. The zero-order valence-electron chi connectivity index (χ0n) is 16.4. The molecule has 0 aliphatic rings. The van der Waals surface area contributed by atoms with Gasteiger partial charge in [-0.15, -0.1) is 0 Å². The highest BCUT2D eigenvalue weighted by atomic mass is 16.5. The molecule has 0 bridgehead atoms. The molecule has 6 N–H and O–H groups in total. The second kappa shape index (κ2) is 11.7. The summed E-state index contributed by atoms with van der Waals surface area (Å²) in [4.78, 5) is 8.73. The molecule has 2 rings (SSSR count). The second-order valence-corrected chi connectivity index (χ2v) is 6.92. The molecule has 8 heteroatoms. The molecule has 0 aliphatic carbocycles. The van der Waals surface area contributed by atoms with E-state index in [1.807, 2.05) is 0 Å². The van der Waals surface area contributed by atoms with E-state index in [4.69, 9.17) is 11.5 Å². The lowest BCUT2D eigenvalue weighted by Gasteiger charge is -2.02. The van der Waals surface area contributed by atoms with Crippen LogP contribution in [0, 0.1) is 0 Å². The molecule has 2 heterocycles. The first-order valence-electron chi connectivity index (χ1n) is 9.92. The molecule has 0 amide bonds. The lowest BCUT2D eigenvalue weighted by Crippen LogP contribution is -2.18. The summed E-state index contributed by atoms with van der Waals surface area (Å²) in [5.74, 6) is 0. The molecule has 0 atom stereocenters. The number of anilines is 2. The van der Waals surface area contributed by atoms with Crippen LogP contribution in [0.4, 0.5) is 11.4 Å². The Balaban J connectivity index is 1.50. The third-order valence-electron chi connectivity index (χ3n) is 4.49. The van der Waals surface area contributed by atoms with Crippen LogP contribution in [-0.4, -0.2) is 33.0 Å². The molecular formula is C20H32N6O2. The lowest BCUT2D eigenvalue weighted by atomic mass is 10.1. The van der Waals surface area contributed by atoms with E-state index in [9.17, 15) is 10.4 Å². The highest BCUT2D eigenvalue weighted by Crippen LogP contribution is 2.08. The Kier molecular flexibility index (Phi) is 8.97. The van der Waals surface area contributed by atoms with E-state index >= 15 is 0 Å². The van der Waals surface area contributed by atoms with E-state index in [0.717, 1.165) is 35.1 Å². The largest absolute Gasteiger partial charge is 0.427 e. The number of pyridine rings is 2. The Morgan fingerprint density at radius 2 is 1.00 bits per heavy atom. The van der Waals surface area contributed by atoms with Crippen molar-refractivity contribution in [3.63, 3.8) is 0 Å². The van der Waals surface area contributed by atoms with Crippen molar-refractivity contribution in [3.05, 3.63) is 47.6 Å². The summed E-state index contributed by atoms with van der Waals surface area (Å²) in [6, 6.07) is 6.60. The number of hydrogen-bond donors (Lipinski definition) is 4. The summed E-state index contributed by atoms with van der Waals surface area (Å²) in [5.41, 5.74) is 13.6. The quantitative estimate of drug-likeness (QED) is 0.348. The van der Waals surface area contributed by atoms with Crippen molar-refractivity contribution in [2.24, 2.45) is 9.98 Å². The van der Waals surface area contributed by atoms with Gasteiger partial charge in [0.05, 0.1) is 0 Å². The molecule has 154 valence electrons. The molecule has 2 aromatic rings. The zero-order valence-corrected chi connectivity index (χ0v) is 16.4. The molecule has 0 aliphatic heterocycles. The van der Waals surface area contributed by atoms with E-state index in [-0.39, 0.29) is 0 Å². The van der Waals surface area contributed by atoms with Crippen LogP contribution in [-0.2, 0) is 0 Å². The van der Waals surface area contributed by atoms with Crippen LogP contribution in [0.5, 0.6) is 0 Å². The monoisotopic (exact) mass is 388 g/mol. The topological polar surface area (TPSA) is 127 Å². The number of nitrogen functional groups attached to an aromatic ring is 2. The van der Waals surface area contributed by atoms with Gasteiger partial charge in [-0.25, -0.2) is 0 Å². The van der Waals surface area contributed by atoms with Gasteiger partial charge < -0.3 is 21.9 Å². The standard InChI is InChI=1S/C20H32N6O2/c21-17-9-13-25(27)19(15-17)23-11-7-5-3-1-2-4-6-8-12-24-20-16-18(22)10-14-26(20)28/h9-10,13-16,27-28H,1-8,11-12,21-22H2. The Labute approximate surface area is 165 Å². The van der Waals surface area contributed by atoms with E-state index in [2.05, 4.69) is 9.98 Å². The average Bonchev–Trinajstić information content (AvgIpc) is 2.67. The number of aromatic nitrogens is 2. The van der Waals surface area contributed by atoms with E-state index in [0.29, 0.717) is 35.4 Å². The number of hydrogen-bond acceptors (Lipinski definition) is 6. The first-order valence-corrected chi connectivity index (χ1v) is 9.92. The van der Waals surface area contributed by atoms with E-state index in [1.165, 1.54) is 38.1 Å². The minimum Gasteiger partial charge on any atom is -0.427 e. The maximum absolute atomic E-state index is 9.63. The smallest absolute Gasteiger partial charge is 0.165 e. The van der Waals surface area contributed by atoms with Gasteiger partial charge >= 0.3 is 0 Å². The molecule has 0 spiro atoms. The van der Waals surface area contributed by atoms with Crippen molar-refractivity contribution in [2.75, 3.05) is 24.6 Å². The van der Waals surface area contributed by atoms with Crippen molar-refractivity contribution in [1.82, 2.24) is 9.46 Å². The van der Waals surface area contributed by atoms with Crippen molar-refractivity contribution in [2.45, 2.75) is 51.4 Å². The van der Waals surface area contributed by atoms with Gasteiger partial charge in [0.15, 0.2) is 11.0 Å². The normalized spacial score (nSPS) is 12.6. The summed E-state index contributed by atoms with van der Waals surface area (Å²) in [5, 5.41) is 19.3.